The first-order valence-corrected chi connectivity index (χ1v) is 9.61. The molecule has 0 saturated heterocycles. The van der Waals surface area contributed by atoms with Crippen molar-refractivity contribution in [2.75, 3.05) is 0 Å². The Morgan fingerprint density at radius 1 is 1.27 bits per heavy atom. The maximum absolute atomic E-state index is 6.24. The molecule has 1 atom stereocenters. The van der Waals surface area contributed by atoms with Crippen LogP contribution in [0.4, 0.5) is 0 Å². The monoisotopic (exact) mass is 226 g/mol. The minimum absolute atomic E-state index is 0.656. The van der Waals surface area contributed by atoms with Crippen LogP contribution in [0.25, 0.3) is 0 Å². The molecule has 1 aliphatic carbocycles. The van der Waals surface area contributed by atoms with Crippen LogP contribution < -0.4 is 0 Å². The van der Waals surface area contributed by atoms with Crippen molar-refractivity contribution in [1.82, 2.24) is 0 Å². The molecule has 0 heterocycles. The van der Waals surface area contributed by atoms with Crippen LogP contribution in [0.2, 0.25) is 19.6 Å². The maximum Gasteiger partial charge on any atom is 0.241 e. The topological polar surface area (TPSA) is 9.23 Å². The molecule has 0 saturated carbocycles. The number of rotatable bonds is 3. The van der Waals surface area contributed by atoms with Gasteiger partial charge in [0.2, 0.25) is 8.32 Å². The Kier molecular flexibility index (Phi) is 4.04. The SMILES string of the molecule is CC(C)C1=C(O[Si](C)(C)C)C[C@H](C)CC1. The van der Waals surface area contributed by atoms with Crippen molar-refractivity contribution >= 4 is 8.32 Å². The van der Waals surface area contributed by atoms with Crippen molar-refractivity contribution in [2.45, 2.75) is 59.7 Å². The minimum atomic E-state index is -1.42. The molecular formula is C13H26OSi. The largest absolute Gasteiger partial charge is 0.547 e. The molecule has 88 valence electrons. The van der Waals surface area contributed by atoms with Crippen molar-refractivity contribution in [3.8, 4) is 0 Å². The molecule has 2 heteroatoms. The van der Waals surface area contributed by atoms with Gasteiger partial charge in [-0.3, -0.25) is 0 Å². The molecule has 0 aromatic carbocycles. The Balaban J connectivity index is 2.85. The van der Waals surface area contributed by atoms with E-state index in [1.807, 2.05) is 0 Å². The molecular weight excluding hydrogens is 200 g/mol. The lowest BCUT2D eigenvalue weighted by atomic mass is 9.85. The standard InChI is InChI=1S/C13H26OSi/c1-10(2)12-8-7-11(3)9-13(12)14-15(4,5)6/h10-11H,7-9H2,1-6H3/t11-/m1/s1. The van der Waals surface area contributed by atoms with Crippen LogP contribution in [-0.4, -0.2) is 8.32 Å². The summed E-state index contributed by atoms with van der Waals surface area (Å²) in [6.45, 7) is 13.7. The summed E-state index contributed by atoms with van der Waals surface area (Å²) >= 11 is 0. The molecule has 0 aromatic heterocycles. The average Bonchev–Trinajstić information content (AvgIpc) is 1.99. The molecule has 1 rings (SSSR count). The Hall–Kier alpha value is -0.243. The molecule has 0 radical (unpaired) electrons. The fourth-order valence-corrected chi connectivity index (χ4v) is 3.13. The van der Waals surface area contributed by atoms with E-state index in [9.17, 15) is 0 Å². The molecule has 15 heavy (non-hydrogen) atoms. The van der Waals surface area contributed by atoms with Crippen LogP contribution >= 0.6 is 0 Å². The van der Waals surface area contributed by atoms with Gasteiger partial charge in [0.05, 0.1) is 5.76 Å². The van der Waals surface area contributed by atoms with E-state index in [-0.39, 0.29) is 0 Å². The van der Waals surface area contributed by atoms with Gasteiger partial charge in [0.25, 0.3) is 0 Å². The summed E-state index contributed by atoms with van der Waals surface area (Å²) in [5.74, 6) is 2.80. The van der Waals surface area contributed by atoms with E-state index in [1.54, 1.807) is 5.57 Å². The first kappa shape index (κ1) is 12.8. The third kappa shape index (κ3) is 4.02. The normalized spacial score (nSPS) is 23.5. The van der Waals surface area contributed by atoms with Gasteiger partial charge in [-0.05, 0) is 49.9 Å². The first-order chi connectivity index (χ1) is 6.79. The highest BCUT2D eigenvalue weighted by molar-refractivity contribution is 6.70. The van der Waals surface area contributed by atoms with Gasteiger partial charge < -0.3 is 4.43 Å². The highest BCUT2D eigenvalue weighted by Gasteiger charge is 2.25. The van der Waals surface area contributed by atoms with Crippen molar-refractivity contribution in [3.05, 3.63) is 11.3 Å². The summed E-state index contributed by atoms with van der Waals surface area (Å²) in [5.41, 5.74) is 1.58. The summed E-state index contributed by atoms with van der Waals surface area (Å²) in [6, 6.07) is 0. The van der Waals surface area contributed by atoms with E-state index < -0.39 is 8.32 Å². The second-order valence-electron chi connectivity index (χ2n) is 6.17. The van der Waals surface area contributed by atoms with E-state index in [0.29, 0.717) is 5.92 Å². The average molecular weight is 226 g/mol. The fraction of sp³-hybridized carbons (Fsp3) is 0.846. The van der Waals surface area contributed by atoms with Crippen LogP contribution in [0, 0.1) is 11.8 Å². The van der Waals surface area contributed by atoms with Crippen molar-refractivity contribution < 1.29 is 4.43 Å². The van der Waals surface area contributed by atoms with E-state index >= 15 is 0 Å². The maximum atomic E-state index is 6.24. The highest BCUT2D eigenvalue weighted by atomic mass is 28.4. The van der Waals surface area contributed by atoms with E-state index in [2.05, 4.69) is 40.4 Å². The lowest BCUT2D eigenvalue weighted by Crippen LogP contribution is -2.28. The summed E-state index contributed by atoms with van der Waals surface area (Å²) in [4.78, 5) is 0. The Labute approximate surface area is 96.0 Å². The summed E-state index contributed by atoms with van der Waals surface area (Å²) < 4.78 is 6.24. The van der Waals surface area contributed by atoms with Crippen LogP contribution in [-0.2, 0) is 4.43 Å². The Morgan fingerprint density at radius 2 is 1.87 bits per heavy atom. The third-order valence-electron chi connectivity index (χ3n) is 2.92. The predicted molar refractivity (Wildman–Crippen MR) is 69.3 cm³/mol. The number of allylic oxidation sites excluding steroid dienone is 2. The summed E-state index contributed by atoms with van der Waals surface area (Å²) in [6.07, 6.45) is 3.75. The second kappa shape index (κ2) is 4.73. The second-order valence-corrected chi connectivity index (χ2v) is 10.6. The van der Waals surface area contributed by atoms with E-state index in [0.717, 1.165) is 12.3 Å². The van der Waals surface area contributed by atoms with Gasteiger partial charge in [0.1, 0.15) is 0 Å². The van der Waals surface area contributed by atoms with Gasteiger partial charge in [-0.25, -0.2) is 0 Å². The minimum Gasteiger partial charge on any atom is -0.547 e. The van der Waals surface area contributed by atoms with Gasteiger partial charge in [0.15, 0.2) is 0 Å². The lowest BCUT2D eigenvalue weighted by molar-refractivity contribution is 0.321. The number of hydrogen-bond acceptors (Lipinski definition) is 1. The van der Waals surface area contributed by atoms with Crippen molar-refractivity contribution in [2.24, 2.45) is 11.8 Å². The molecule has 0 N–H and O–H groups in total. The smallest absolute Gasteiger partial charge is 0.241 e. The molecule has 0 aliphatic heterocycles. The molecule has 1 aliphatic rings. The van der Waals surface area contributed by atoms with Gasteiger partial charge in [0, 0.05) is 6.42 Å². The van der Waals surface area contributed by atoms with Gasteiger partial charge in [-0.15, -0.1) is 0 Å². The predicted octanol–water partition coefficient (Wildman–Crippen LogP) is 4.57. The molecule has 0 amide bonds. The van der Waals surface area contributed by atoms with Gasteiger partial charge in [-0.1, -0.05) is 20.8 Å². The van der Waals surface area contributed by atoms with E-state index in [1.165, 1.54) is 18.6 Å². The Bertz CT molecular complexity index is 248. The molecule has 0 fully saturated rings. The zero-order valence-corrected chi connectivity index (χ0v) is 12.2. The quantitative estimate of drug-likeness (QED) is 0.641. The summed E-state index contributed by atoms with van der Waals surface area (Å²) in [7, 11) is -1.42. The molecule has 0 aromatic rings. The van der Waals surface area contributed by atoms with E-state index in [4.69, 9.17) is 4.43 Å². The van der Waals surface area contributed by atoms with Gasteiger partial charge in [-0.2, -0.15) is 0 Å². The van der Waals surface area contributed by atoms with Crippen LogP contribution in [0.1, 0.15) is 40.0 Å². The molecule has 0 spiro atoms. The highest BCUT2D eigenvalue weighted by Crippen LogP contribution is 2.35. The summed E-state index contributed by atoms with van der Waals surface area (Å²) in [5, 5.41) is 0. The van der Waals surface area contributed by atoms with Crippen LogP contribution in [0.15, 0.2) is 11.3 Å². The fourth-order valence-electron chi connectivity index (χ4n) is 2.18. The van der Waals surface area contributed by atoms with Crippen LogP contribution in [0.3, 0.4) is 0 Å². The lowest BCUT2D eigenvalue weighted by Gasteiger charge is -2.31. The first-order valence-electron chi connectivity index (χ1n) is 6.20. The van der Waals surface area contributed by atoms with Crippen molar-refractivity contribution in [3.63, 3.8) is 0 Å². The number of hydrogen-bond donors (Lipinski definition) is 0. The van der Waals surface area contributed by atoms with Crippen LogP contribution in [0.5, 0.6) is 0 Å². The van der Waals surface area contributed by atoms with Gasteiger partial charge >= 0.3 is 0 Å². The molecule has 1 nitrogen and oxygen atoms in total. The molecule has 0 unspecified atom stereocenters. The van der Waals surface area contributed by atoms with Crippen molar-refractivity contribution in [1.29, 1.82) is 0 Å². The molecule has 0 bridgehead atoms. The third-order valence-corrected chi connectivity index (χ3v) is 3.78. The zero-order chi connectivity index (χ0) is 11.6. The Morgan fingerprint density at radius 3 is 2.33 bits per heavy atom. The zero-order valence-electron chi connectivity index (χ0n) is 11.2.